The number of aryl methyl sites for hydroxylation is 1. The Labute approximate surface area is 239 Å². The lowest BCUT2D eigenvalue weighted by atomic mass is 9.49. The summed E-state index contributed by atoms with van der Waals surface area (Å²) in [5, 5.41) is 21.5. The lowest BCUT2D eigenvalue weighted by Gasteiger charge is -2.56. The van der Waals surface area contributed by atoms with Gasteiger partial charge in [0.1, 0.15) is 12.4 Å². The second kappa shape index (κ2) is 10.5. The number of benzene rings is 2. The summed E-state index contributed by atoms with van der Waals surface area (Å²) in [6, 6.07) is 18.7. The van der Waals surface area contributed by atoms with Crippen molar-refractivity contribution in [1.82, 2.24) is 4.90 Å². The topological polar surface area (TPSA) is 65.7 Å². The van der Waals surface area contributed by atoms with Crippen molar-refractivity contribution >= 4 is 0 Å². The van der Waals surface area contributed by atoms with Gasteiger partial charge in [0, 0.05) is 25.0 Å². The van der Waals surface area contributed by atoms with Gasteiger partial charge < -0.3 is 14.6 Å². The molecule has 5 heteroatoms. The number of ether oxygens (including phenoxy) is 2. The van der Waals surface area contributed by atoms with Crippen LogP contribution in [-0.2, 0) is 11.2 Å². The van der Waals surface area contributed by atoms with Crippen LogP contribution in [0.25, 0.3) is 0 Å². The molecule has 0 radical (unpaired) electrons. The number of nitrogens with zero attached hydrogens (tertiary/aromatic N) is 2. The molecule has 0 spiro atoms. The standard InChI is InChI=1S/C35H44N2O3/c1-34-23-31(26-6-4-25(5-7-26)24-2-3-24)33-29-11-9-28(40-21-18-37-16-19-39-20-17-37)22-27(29)8-10-30(33)32(34)12-13-35(34,38)14-15-36/h4-7,9,11,22,24,30-33,38H,2-3,8,10,12-14,16-21,23H2,1H3/t30-,31+,32-,33?,34-,35+/m0/s1. The van der Waals surface area contributed by atoms with E-state index in [-0.39, 0.29) is 11.8 Å². The zero-order valence-corrected chi connectivity index (χ0v) is 24.0. The quantitative estimate of drug-likeness (QED) is 0.455. The molecule has 212 valence electrons. The Morgan fingerprint density at radius 3 is 2.58 bits per heavy atom. The molecule has 7 rings (SSSR count). The fourth-order valence-electron chi connectivity index (χ4n) is 9.16. The molecule has 6 atom stereocenters. The van der Waals surface area contributed by atoms with Gasteiger partial charge >= 0.3 is 0 Å². The minimum Gasteiger partial charge on any atom is -0.492 e. The number of fused-ring (bicyclic) bond motifs is 5. The van der Waals surface area contributed by atoms with Crippen molar-refractivity contribution in [2.75, 3.05) is 39.5 Å². The first-order chi connectivity index (χ1) is 19.5. The van der Waals surface area contributed by atoms with E-state index in [1.54, 1.807) is 0 Å². The summed E-state index contributed by atoms with van der Waals surface area (Å²) in [5.41, 5.74) is 4.70. The van der Waals surface area contributed by atoms with E-state index in [0.717, 1.165) is 76.6 Å². The van der Waals surface area contributed by atoms with Crippen molar-refractivity contribution in [3.8, 4) is 11.8 Å². The van der Waals surface area contributed by atoms with E-state index in [4.69, 9.17) is 9.47 Å². The molecular formula is C35H44N2O3. The Morgan fingerprint density at radius 1 is 1.05 bits per heavy atom. The summed E-state index contributed by atoms with van der Waals surface area (Å²) in [6.07, 6.45) is 7.81. The SMILES string of the molecule is C[C@]12C[C@H](c3ccc(C4CC4)cc3)C3c4ccc(OCCN5CCOCC5)cc4CC[C@H]3[C@@H]1CC[C@@]2(O)CC#N. The molecule has 1 N–H and O–H groups in total. The molecule has 0 aromatic heterocycles. The molecule has 40 heavy (non-hydrogen) atoms. The summed E-state index contributed by atoms with van der Waals surface area (Å²) in [6.45, 7) is 7.57. The van der Waals surface area contributed by atoms with E-state index < -0.39 is 5.60 Å². The highest BCUT2D eigenvalue weighted by Crippen LogP contribution is 2.68. The predicted molar refractivity (Wildman–Crippen MR) is 156 cm³/mol. The summed E-state index contributed by atoms with van der Waals surface area (Å²) in [7, 11) is 0. The second-order valence-corrected chi connectivity index (χ2v) is 13.6. The highest BCUT2D eigenvalue weighted by atomic mass is 16.5. The van der Waals surface area contributed by atoms with E-state index in [1.807, 2.05) is 0 Å². The molecule has 1 unspecified atom stereocenters. The highest BCUT2D eigenvalue weighted by molar-refractivity contribution is 5.44. The van der Waals surface area contributed by atoms with Gasteiger partial charge in [-0.1, -0.05) is 37.3 Å². The Balaban J connectivity index is 1.18. The number of rotatable bonds is 7. The minimum atomic E-state index is -0.887. The van der Waals surface area contributed by atoms with Crippen molar-refractivity contribution in [3.05, 3.63) is 64.7 Å². The number of aliphatic hydroxyl groups is 1. The maximum atomic E-state index is 11.9. The zero-order valence-electron chi connectivity index (χ0n) is 24.0. The first-order valence-electron chi connectivity index (χ1n) is 15.7. The van der Waals surface area contributed by atoms with Gasteiger partial charge in [0.25, 0.3) is 0 Å². The van der Waals surface area contributed by atoms with Gasteiger partial charge in [-0.15, -0.1) is 0 Å². The third kappa shape index (κ3) is 4.57. The molecule has 5 nitrogen and oxygen atoms in total. The molecule has 1 heterocycles. The van der Waals surface area contributed by atoms with Crippen molar-refractivity contribution in [1.29, 1.82) is 5.26 Å². The van der Waals surface area contributed by atoms with Crippen LogP contribution >= 0.6 is 0 Å². The lowest BCUT2D eigenvalue weighted by Crippen LogP contribution is -2.52. The Bertz CT molecular complexity index is 1260. The van der Waals surface area contributed by atoms with E-state index in [1.165, 1.54) is 35.1 Å². The second-order valence-electron chi connectivity index (χ2n) is 13.6. The van der Waals surface area contributed by atoms with E-state index in [2.05, 4.69) is 60.4 Å². The third-order valence-corrected chi connectivity index (χ3v) is 11.6. The molecule has 2 aromatic rings. The summed E-state index contributed by atoms with van der Waals surface area (Å²) in [5.74, 6) is 3.51. The Morgan fingerprint density at radius 2 is 1.82 bits per heavy atom. The average Bonchev–Trinajstić information content (AvgIpc) is 3.79. The third-order valence-electron chi connectivity index (χ3n) is 11.6. The molecule has 2 aromatic carbocycles. The fraction of sp³-hybridized carbons (Fsp3) is 0.629. The smallest absolute Gasteiger partial charge is 0.119 e. The number of hydrogen-bond donors (Lipinski definition) is 1. The normalized spacial score (nSPS) is 35.3. The van der Waals surface area contributed by atoms with E-state index in [0.29, 0.717) is 30.3 Å². The van der Waals surface area contributed by atoms with Crippen LogP contribution < -0.4 is 4.74 Å². The molecule has 1 saturated heterocycles. The molecule has 1 aliphatic heterocycles. The fourth-order valence-corrected chi connectivity index (χ4v) is 9.16. The zero-order chi connectivity index (χ0) is 27.3. The van der Waals surface area contributed by atoms with Crippen LogP contribution in [0, 0.1) is 28.6 Å². The number of morpholine rings is 1. The van der Waals surface area contributed by atoms with Crippen LogP contribution in [0.5, 0.6) is 5.75 Å². The molecule has 5 aliphatic rings. The molecule has 3 saturated carbocycles. The average molecular weight is 541 g/mol. The van der Waals surface area contributed by atoms with Crippen molar-refractivity contribution in [2.24, 2.45) is 17.3 Å². The molecule has 0 bridgehead atoms. The molecule has 0 amide bonds. The highest BCUT2D eigenvalue weighted by Gasteiger charge is 2.63. The molecule has 4 fully saturated rings. The largest absolute Gasteiger partial charge is 0.492 e. The Kier molecular flexibility index (Phi) is 6.93. The first-order valence-corrected chi connectivity index (χ1v) is 15.7. The van der Waals surface area contributed by atoms with Gasteiger partial charge in [-0.3, -0.25) is 4.90 Å². The van der Waals surface area contributed by atoms with Gasteiger partial charge in [0.2, 0.25) is 0 Å². The van der Waals surface area contributed by atoms with Gasteiger partial charge in [-0.2, -0.15) is 5.26 Å². The van der Waals surface area contributed by atoms with Gasteiger partial charge in [0.05, 0.1) is 31.3 Å². The van der Waals surface area contributed by atoms with Crippen LogP contribution in [0.3, 0.4) is 0 Å². The lowest BCUT2D eigenvalue weighted by molar-refractivity contribution is -0.105. The van der Waals surface area contributed by atoms with Crippen molar-refractivity contribution < 1.29 is 14.6 Å². The number of hydrogen-bond acceptors (Lipinski definition) is 5. The van der Waals surface area contributed by atoms with Crippen LogP contribution in [0.15, 0.2) is 42.5 Å². The van der Waals surface area contributed by atoms with Gasteiger partial charge in [-0.25, -0.2) is 0 Å². The van der Waals surface area contributed by atoms with Crippen molar-refractivity contribution in [2.45, 2.75) is 81.6 Å². The van der Waals surface area contributed by atoms with Gasteiger partial charge in [-0.05, 0) is 109 Å². The summed E-state index contributed by atoms with van der Waals surface area (Å²) in [4.78, 5) is 2.42. The Hall–Kier alpha value is -2.39. The number of nitriles is 1. The predicted octanol–water partition coefficient (Wildman–Crippen LogP) is 6.17. The minimum absolute atomic E-state index is 0.232. The van der Waals surface area contributed by atoms with Gasteiger partial charge in [0.15, 0.2) is 0 Å². The maximum absolute atomic E-state index is 11.9. The summed E-state index contributed by atoms with van der Waals surface area (Å²) >= 11 is 0. The molecule has 4 aliphatic carbocycles. The van der Waals surface area contributed by atoms with Crippen LogP contribution in [-0.4, -0.2) is 55.1 Å². The maximum Gasteiger partial charge on any atom is 0.119 e. The van der Waals surface area contributed by atoms with Crippen LogP contribution in [0.2, 0.25) is 0 Å². The van der Waals surface area contributed by atoms with Crippen LogP contribution in [0.1, 0.15) is 91.9 Å². The van der Waals surface area contributed by atoms with Crippen LogP contribution in [0.4, 0.5) is 0 Å². The monoisotopic (exact) mass is 540 g/mol. The molecular weight excluding hydrogens is 496 g/mol. The van der Waals surface area contributed by atoms with Crippen molar-refractivity contribution in [3.63, 3.8) is 0 Å². The van der Waals surface area contributed by atoms with E-state index in [9.17, 15) is 10.4 Å². The van der Waals surface area contributed by atoms with E-state index >= 15 is 0 Å². The first kappa shape index (κ1) is 26.5. The summed E-state index contributed by atoms with van der Waals surface area (Å²) < 4.78 is 11.7.